The Morgan fingerprint density at radius 3 is 3.06 bits per heavy atom. The molecule has 86 valence electrons. The summed E-state index contributed by atoms with van der Waals surface area (Å²) in [5.74, 6) is 1.28. The quantitative estimate of drug-likeness (QED) is 0.851. The molecule has 1 saturated heterocycles. The molecule has 1 atom stereocenters. The van der Waals surface area contributed by atoms with E-state index in [4.69, 9.17) is 0 Å². The first-order valence-electron chi connectivity index (χ1n) is 5.15. The zero-order chi connectivity index (χ0) is 11.7. The van der Waals surface area contributed by atoms with Crippen LogP contribution in [-0.4, -0.2) is 23.2 Å². The van der Waals surface area contributed by atoms with Crippen LogP contribution in [0.4, 0.5) is 5.69 Å². The third-order valence-electron chi connectivity index (χ3n) is 2.78. The van der Waals surface area contributed by atoms with Crippen molar-refractivity contribution >= 4 is 40.2 Å². The monoisotopic (exact) mass is 300 g/mol. The van der Waals surface area contributed by atoms with Crippen molar-refractivity contribution in [1.82, 2.24) is 4.98 Å². The standard InChI is InChI=1S/C11H13BrN2OS/c1-7-10(3-9(12)4-13-7)14-5-8(6-16)2-11(14)15/h3-4,8,16H,2,5-6H2,1H3. The third kappa shape index (κ3) is 2.25. The van der Waals surface area contributed by atoms with Crippen molar-refractivity contribution in [2.45, 2.75) is 13.3 Å². The Labute approximate surface area is 109 Å². The number of carbonyl (C=O) groups is 1. The van der Waals surface area contributed by atoms with Gasteiger partial charge in [-0.25, -0.2) is 0 Å². The van der Waals surface area contributed by atoms with Gasteiger partial charge in [-0.2, -0.15) is 12.6 Å². The highest BCUT2D eigenvalue weighted by Gasteiger charge is 2.30. The molecule has 1 aromatic heterocycles. The normalized spacial score (nSPS) is 20.6. The fourth-order valence-corrected chi connectivity index (χ4v) is 2.47. The Kier molecular flexibility index (Phi) is 3.54. The second-order valence-corrected chi connectivity index (χ2v) is 5.30. The Bertz CT molecular complexity index is 424. The molecule has 5 heteroatoms. The van der Waals surface area contributed by atoms with E-state index in [-0.39, 0.29) is 5.91 Å². The zero-order valence-corrected chi connectivity index (χ0v) is 11.5. The lowest BCUT2D eigenvalue weighted by molar-refractivity contribution is -0.117. The minimum atomic E-state index is 0.169. The number of carbonyl (C=O) groups excluding carboxylic acids is 1. The summed E-state index contributed by atoms with van der Waals surface area (Å²) in [6, 6.07) is 1.95. The van der Waals surface area contributed by atoms with Crippen LogP contribution in [-0.2, 0) is 4.79 Å². The van der Waals surface area contributed by atoms with Crippen molar-refractivity contribution in [2.24, 2.45) is 5.92 Å². The fraction of sp³-hybridized carbons (Fsp3) is 0.455. The minimum Gasteiger partial charge on any atom is -0.310 e. The second-order valence-electron chi connectivity index (χ2n) is 4.02. The predicted octanol–water partition coefficient (Wildman–Crippen LogP) is 2.44. The molecule has 1 unspecified atom stereocenters. The van der Waals surface area contributed by atoms with Crippen molar-refractivity contribution in [3.05, 3.63) is 22.4 Å². The third-order valence-corrected chi connectivity index (χ3v) is 3.73. The van der Waals surface area contributed by atoms with Gasteiger partial charge in [0.05, 0.1) is 11.4 Å². The van der Waals surface area contributed by atoms with Crippen molar-refractivity contribution in [1.29, 1.82) is 0 Å². The van der Waals surface area contributed by atoms with E-state index in [2.05, 4.69) is 33.5 Å². The molecule has 1 aromatic rings. The molecule has 0 saturated carbocycles. The number of anilines is 1. The topological polar surface area (TPSA) is 33.2 Å². The molecule has 16 heavy (non-hydrogen) atoms. The van der Waals surface area contributed by atoms with Gasteiger partial charge in [-0.1, -0.05) is 0 Å². The highest BCUT2D eigenvalue weighted by Crippen LogP contribution is 2.29. The maximum Gasteiger partial charge on any atom is 0.227 e. The van der Waals surface area contributed by atoms with Crippen LogP contribution >= 0.6 is 28.6 Å². The van der Waals surface area contributed by atoms with Crippen LogP contribution in [0.5, 0.6) is 0 Å². The zero-order valence-electron chi connectivity index (χ0n) is 8.98. The van der Waals surface area contributed by atoms with E-state index in [1.54, 1.807) is 6.20 Å². The molecule has 1 fully saturated rings. The molecular weight excluding hydrogens is 288 g/mol. The summed E-state index contributed by atoms with van der Waals surface area (Å²) in [7, 11) is 0. The molecule has 0 spiro atoms. The van der Waals surface area contributed by atoms with E-state index in [9.17, 15) is 4.79 Å². The van der Waals surface area contributed by atoms with Gasteiger partial charge in [0.1, 0.15) is 0 Å². The van der Waals surface area contributed by atoms with Gasteiger partial charge in [-0.05, 0) is 40.6 Å². The van der Waals surface area contributed by atoms with Crippen LogP contribution in [0, 0.1) is 12.8 Å². The van der Waals surface area contributed by atoms with E-state index < -0.39 is 0 Å². The SMILES string of the molecule is Cc1ncc(Br)cc1N1CC(CS)CC1=O. The molecule has 0 aliphatic carbocycles. The predicted molar refractivity (Wildman–Crippen MR) is 71.0 cm³/mol. The number of pyridine rings is 1. The molecule has 1 aliphatic heterocycles. The van der Waals surface area contributed by atoms with Gasteiger partial charge in [-0.3, -0.25) is 9.78 Å². The molecule has 1 amide bonds. The summed E-state index contributed by atoms with van der Waals surface area (Å²) >= 11 is 7.63. The van der Waals surface area contributed by atoms with Gasteiger partial charge < -0.3 is 4.90 Å². The van der Waals surface area contributed by atoms with Crippen molar-refractivity contribution in [2.75, 3.05) is 17.2 Å². The summed E-state index contributed by atoms with van der Waals surface area (Å²) in [4.78, 5) is 17.9. The van der Waals surface area contributed by atoms with Crippen LogP contribution in [0.3, 0.4) is 0 Å². The average molecular weight is 301 g/mol. The largest absolute Gasteiger partial charge is 0.310 e. The van der Waals surface area contributed by atoms with E-state index >= 15 is 0 Å². The van der Waals surface area contributed by atoms with E-state index in [1.165, 1.54) is 0 Å². The van der Waals surface area contributed by atoms with Crippen molar-refractivity contribution in [3.8, 4) is 0 Å². The van der Waals surface area contributed by atoms with Crippen LogP contribution in [0.1, 0.15) is 12.1 Å². The van der Waals surface area contributed by atoms with Gasteiger partial charge in [0, 0.05) is 23.6 Å². The minimum absolute atomic E-state index is 0.169. The summed E-state index contributed by atoms with van der Waals surface area (Å²) < 4.78 is 0.898. The molecule has 0 bridgehead atoms. The Morgan fingerprint density at radius 1 is 1.69 bits per heavy atom. The molecule has 0 aromatic carbocycles. The summed E-state index contributed by atoms with van der Waals surface area (Å²) in [5, 5.41) is 0. The number of nitrogens with zero attached hydrogens (tertiary/aromatic N) is 2. The first-order valence-corrected chi connectivity index (χ1v) is 6.57. The smallest absolute Gasteiger partial charge is 0.227 e. The lowest BCUT2D eigenvalue weighted by atomic mass is 10.1. The second kappa shape index (κ2) is 4.75. The van der Waals surface area contributed by atoms with E-state index in [0.717, 1.165) is 28.2 Å². The first kappa shape index (κ1) is 11.9. The van der Waals surface area contributed by atoms with Gasteiger partial charge in [0.15, 0.2) is 0 Å². The van der Waals surface area contributed by atoms with E-state index in [1.807, 2.05) is 17.9 Å². The number of thiol groups is 1. The average Bonchev–Trinajstić information content (AvgIpc) is 2.63. The molecule has 2 heterocycles. The molecule has 0 N–H and O–H groups in total. The summed E-state index contributed by atoms with van der Waals surface area (Å²) in [6.07, 6.45) is 2.34. The van der Waals surface area contributed by atoms with Gasteiger partial charge in [0.2, 0.25) is 5.91 Å². The highest BCUT2D eigenvalue weighted by molar-refractivity contribution is 9.10. The highest BCUT2D eigenvalue weighted by atomic mass is 79.9. The van der Waals surface area contributed by atoms with Crippen LogP contribution in [0.15, 0.2) is 16.7 Å². The van der Waals surface area contributed by atoms with Gasteiger partial charge in [0.25, 0.3) is 0 Å². The molecule has 3 nitrogen and oxygen atoms in total. The maximum absolute atomic E-state index is 11.9. The van der Waals surface area contributed by atoms with Crippen molar-refractivity contribution in [3.63, 3.8) is 0 Å². The van der Waals surface area contributed by atoms with Crippen LogP contribution < -0.4 is 4.90 Å². The number of aryl methyl sites for hydroxylation is 1. The lowest BCUT2D eigenvalue weighted by Gasteiger charge is -2.18. The molecule has 0 radical (unpaired) electrons. The van der Waals surface area contributed by atoms with Crippen LogP contribution in [0.25, 0.3) is 0 Å². The molecule has 1 aliphatic rings. The van der Waals surface area contributed by atoms with Gasteiger partial charge in [-0.15, -0.1) is 0 Å². The van der Waals surface area contributed by atoms with Crippen molar-refractivity contribution < 1.29 is 4.79 Å². The fourth-order valence-electron chi connectivity index (χ4n) is 1.91. The first-order chi connectivity index (χ1) is 7.61. The number of rotatable bonds is 2. The summed E-state index contributed by atoms with van der Waals surface area (Å²) in [5.41, 5.74) is 1.79. The maximum atomic E-state index is 11.9. The van der Waals surface area contributed by atoms with Crippen LogP contribution in [0.2, 0.25) is 0 Å². The lowest BCUT2D eigenvalue weighted by Crippen LogP contribution is -2.25. The van der Waals surface area contributed by atoms with Gasteiger partial charge >= 0.3 is 0 Å². The summed E-state index contributed by atoms with van der Waals surface area (Å²) in [6.45, 7) is 2.67. The number of amides is 1. The number of hydrogen-bond donors (Lipinski definition) is 1. The molecular formula is C11H13BrN2OS. The Balaban J connectivity index is 2.30. The Morgan fingerprint density at radius 2 is 2.44 bits per heavy atom. The van der Waals surface area contributed by atoms with E-state index in [0.29, 0.717) is 12.3 Å². The number of hydrogen-bond acceptors (Lipinski definition) is 3. The Hall–Kier alpha value is -0.550. The number of halogens is 1. The number of aromatic nitrogens is 1. The molecule has 2 rings (SSSR count).